The average molecular weight is 423 g/mol. The third-order valence-electron chi connectivity index (χ3n) is 6.15. The maximum absolute atomic E-state index is 13.1. The van der Waals surface area contributed by atoms with Crippen molar-refractivity contribution in [1.29, 1.82) is 0 Å². The van der Waals surface area contributed by atoms with E-state index in [4.69, 9.17) is 9.47 Å². The lowest BCUT2D eigenvalue weighted by atomic mass is 10.1. The lowest BCUT2D eigenvalue weighted by Gasteiger charge is -2.23. The van der Waals surface area contributed by atoms with Crippen molar-refractivity contribution in [3.05, 3.63) is 53.6 Å². The summed E-state index contributed by atoms with van der Waals surface area (Å²) in [6.07, 6.45) is 4.23. The molecule has 1 fully saturated rings. The van der Waals surface area contributed by atoms with E-state index in [1.165, 1.54) is 0 Å². The molecule has 31 heavy (non-hydrogen) atoms. The molecule has 1 saturated carbocycles. The molecule has 0 bridgehead atoms. The highest BCUT2D eigenvalue weighted by molar-refractivity contribution is 5.93. The molecule has 1 unspecified atom stereocenters. The van der Waals surface area contributed by atoms with Gasteiger partial charge in [-0.25, -0.2) is 0 Å². The number of rotatable bonds is 6. The zero-order valence-corrected chi connectivity index (χ0v) is 18.2. The molecule has 4 rings (SSSR count). The van der Waals surface area contributed by atoms with Gasteiger partial charge in [-0.15, -0.1) is 0 Å². The normalized spacial score (nSPS) is 18.8. The number of nitrogens with one attached hydrogen (secondary N) is 1. The summed E-state index contributed by atoms with van der Waals surface area (Å²) in [4.78, 5) is 27.5. The molecule has 1 N–H and O–H groups in total. The van der Waals surface area contributed by atoms with Crippen LogP contribution in [0.2, 0.25) is 0 Å². The Balaban J connectivity index is 1.56. The van der Waals surface area contributed by atoms with Crippen molar-refractivity contribution in [2.45, 2.75) is 58.2 Å². The van der Waals surface area contributed by atoms with Gasteiger partial charge in [-0.3, -0.25) is 9.59 Å². The van der Waals surface area contributed by atoms with Gasteiger partial charge in [0.2, 0.25) is 5.91 Å². The van der Waals surface area contributed by atoms with Crippen LogP contribution in [0.4, 0.5) is 5.69 Å². The van der Waals surface area contributed by atoms with Gasteiger partial charge < -0.3 is 19.7 Å². The van der Waals surface area contributed by atoms with Crippen molar-refractivity contribution in [3.8, 4) is 11.5 Å². The number of anilines is 1. The Kier molecular flexibility index (Phi) is 6.44. The van der Waals surface area contributed by atoms with Gasteiger partial charge in [-0.2, -0.15) is 0 Å². The fourth-order valence-electron chi connectivity index (χ4n) is 4.40. The minimum Gasteiger partial charge on any atom is -0.497 e. The van der Waals surface area contributed by atoms with E-state index in [9.17, 15) is 9.59 Å². The van der Waals surface area contributed by atoms with Gasteiger partial charge >= 0.3 is 0 Å². The van der Waals surface area contributed by atoms with Crippen LogP contribution in [-0.4, -0.2) is 29.9 Å². The minimum atomic E-state index is -0.522. The third kappa shape index (κ3) is 4.84. The molecule has 0 radical (unpaired) electrons. The highest BCUT2D eigenvalue weighted by atomic mass is 16.5. The lowest BCUT2D eigenvalue weighted by molar-refractivity contribution is -0.139. The number of nitrogens with zero attached hydrogens (tertiary/aromatic N) is 1. The van der Waals surface area contributed by atoms with Crippen LogP contribution in [-0.2, 0) is 22.7 Å². The molecule has 6 heteroatoms. The van der Waals surface area contributed by atoms with Crippen molar-refractivity contribution in [2.75, 3.05) is 12.4 Å². The smallest absolute Gasteiger partial charge is 0.264 e. The second kappa shape index (κ2) is 9.41. The Hall–Kier alpha value is -3.02. The zero-order valence-electron chi connectivity index (χ0n) is 18.2. The van der Waals surface area contributed by atoms with E-state index in [0.717, 1.165) is 48.2 Å². The lowest BCUT2D eigenvalue weighted by Crippen LogP contribution is -2.38. The molecule has 1 heterocycles. The predicted molar refractivity (Wildman–Crippen MR) is 119 cm³/mol. The van der Waals surface area contributed by atoms with Crippen LogP contribution < -0.4 is 14.8 Å². The van der Waals surface area contributed by atoms with E-state index in [1.807, 2.05) is 54.3 Å². The zero-order chi connectivity index (χ0) is 21.8. The van der Waals surface area contributed by atoms with Gasteiger partial charge in [0.1, 0.15) is 11.5 Å². The molecule has 1 atom stereocenters. The van der Waals surface area contributed by atoms with E-state index in [-0.39, 0.29) is 17.7 Å². The van der Waals surface area contributed by atoms with Crippen molar-refractivity contribution in [2.24, 2.45) is 5.92 Å². The molecule has 2 aromatic carbocycles. The molecule has 1 aliphatic carbocycles. The van der Waals surface area contributed by atoms with Crippen molar-refractivity contribution >= 4 is 17.5 Å². The van der Waals surface area contributed by atoms with Crippen LogP contribution in [0, 0.1) is 5.92 Å². The van der Waals surface area contributed by atoms with Gasteiger partial charge in [0.05, 0.1) is 7.11 Å². The van der Waals surface area contributed by atoms with Gasteiger partial charge in [0.15, 0.2) is 6.10 Å². The number of ether oxygens (including phenoxy) is 2. The van der Waals surface area contributed by atoms with Crippen LogP contribution in [0.15, 0.2) is 42.5 Å². The molecule has 2 aliphatic rings. The number of benzene rings is 2. The average Bonchev–Trinajstić information content (AvgIpc) is 3.29. The largest absolute Gasteiger partial charge is 0.497 e. The maximum atomic E-state index is 13.1. The van der Waals surface area contributed by atoms with E-state index in [1.54, 1.807) is 7.11 Å². The number of carbonyl (C=O) groups is 2. The summed E-state index contributed by atoms with van der Waals surface area (Å²) in [7, 11) is 1.63. The summed E-state index contributed by atoms with van der Waals surface area (Å²) in [5.41, 5.74) is 2.65. The molecular weight excluding hydrogens is 392 g/mol. The van der Waals surface area contributed by atoms with Crippen molar-refractivity contribution < 1.29 is 19.1 Å². The van der Waals surface area contributed by atoms with Crippen molar-refractivity contribution in [3.63, 3.8) is 0 Å². The summed E-state index contributed by atoms with van der Waals surface area (Å²) < 4.78 is 11.4. The summed E-state index contributed by atoms with van der Waals surface area (Å²) >= 11 is 0. The van der Waals surface area contributed by atoms with E-state index >= 15 is 0 Å². The maximum Gasteiger partial charge on any atom is 0.264 e. The standard InChI is InChI=1S/C25H30N2O4/c1-3-22-25(29)27(15-17-7-6-10-21(13-17)30-2)16-19-14-20(11-12-23(19)31-22)26-24(28)18-8-4-5-9-18/h6-7,10-14,18,22H,3-5,8-9,15-16H2,1-2H3,(H,26,28). The summed E-state index contributed by atoms with van der Waals surface area (Å²) in [6, 6.07) is 13.4. The molecule has 6 nitrogen and oxygen atoms in total. The second-order valence-corrected chi connectivity index (χ2v) is 8.35. The molecule has 2 aromatic rings. The molecule has 0 saturated heterocycles. The minimum absolute atomic E-state index is 0.0296. The van der Waals surface area contributed by atoms with Crippen LogP contribution in [0.25, 0.3) is 0 Å². The topological polar surface area (TPSA) is 67.9 Å². The predicted octanol–water partition coefficient (Wildman–Crippen LogP) is 4.52. The molecular formula is C25H30N2O4. The Morgan fingerprint density at radius 3 is 2.74 bits per heavy atom. The monoisotopic (exact) mass is 422 g/mol. The quantitative estimate of drug-likeness (QED) is 0.743. The second-order valence-electron chi connectivity index (χ2n) is 8.35. The number of carbonyl (C=O) groups excluding carboxylic acids is 2. The van der Waals surface area contributed by atoms with E-state index in [0.29, 0.717) is 25.3 Å². The number of hydrogen-bond donors (Lipinski definition) is 1. The highest BCUT2D eigenvalue weighted by Gasteiger charge is 2.30. The first-order valence-electron chi connectivity index (χ1n) is 11.1. The fourth-order valence-corrected chi connectivity index (χ4v) is 4.40. The Bertz CT molecular complexity index is 952. The summed E-state index contributed by atoms with van der Waals surface area (Å²) in [6.45, 7) is 2.84. The molecule has 1 aliphatic heterocycles. The molecule has 0 spiro atoms. The van der Waals surface area contributed by atoms with Crippen LogP contribution in [0.3, 0.4) is 0 Å². The molecule has 2 amide bonds. The van der Waals surface area contributed by atoms with Crippen LogP contribution in [0.5, 0.6) is 11.5 Å². The number of amides is 2. The number of methoxy groups -OCH3 is 1. The summed E-state index contributed by atoms with van der Waals surface area (Å²) in [5.74, 6) is 1.62. The number of hydrogen-bond acceptors (Lipinski definition) is 4. The van der Waals surface area contributed by atoms with Crippen LogP contribution in [0.1, 0.15) is 50.2 Å². The van der Waals surface area contributed by atoms with Crippen LogP contribution >= 0.6 is 0 Å². The van der Waals surface area contributed by atoms with Gasteiger partial charge in [0, 0.05) is 30.3 Å². The van der Waals surface area contributed by atoms with Gasteiger partial charge in [0.25, 0.3) is 5.91 Å². The Labute approximate surface area is 183 Å². The SMILES string of the molecule is CCC1Oc2ccc(NC(=O)C3CCCC3)cc2CN(Cc2cccc(OC)c2)C1=O. The fraction of sp³-hybridized carbons (Fsp3) is 0.440. The van der Waals surface area contributed by atoms with Gasteiger partial charge in [-0.05, 0) is 55.2 Å². The van der Waals surface area contributed by atoms with Gasteiger partial charge in [-0.1, -0.05) is 31.9 Å². The first-order valence-corrected chi connectivity index (χ1v) is 11.1. The number of fused-ring (bicyclic) bond motifs is 1. The highest BCUT2D eigenvalue weighted by Crippen LogP contribution is 2.31. The summed E-state index contributed by atoms with van der Waals surface area (Å²) in [5, 5.41) is 3.06. The first-order chi connectivity index (χ1) is 15.1. The van der Waals surface area contributed by atoms with E-state index < -0.39 is 6.10 Å². The first kappa shape index (κ1) is 21.2. The molecule has 0 aromatic heterocycles. The van der Waals surface area contributed by atoms with Crippen molar-refractivity contribution in [1.82, 2.24) is 4.90 Å². The third-order valence-corrected chi connectivity index (χ3v) is 6.15. The Morgan fingerprint density at radius 2 is 2.00 bits per heavy atom. The molecule has 164 valence electrons. The van der Waals surface area contributed by atoms with E-state index in [2.05, 4.69) is 5.32 Å². The Morgan fingerprint density at radius 1 is 1.19 bits per heavy atom.